The molecule has 7 nitrogen and oxygen atoms in total. The van der Waals surface area contributed by atoms with Crippen molar-refractivity contribution in [3.63, 3.8) is 0 Å². The predicted octanol–water partition coefficient (Wildman–Crippen LogP) is 0.495. The third-order valence-corrected chi connectivity index (χ3v) is 3.15. The summed E-state index contributed by atoms with van der Waals surface area (Å²) < 4.78 is 5.04. The van der Waals surface area contributed by atoms with Gasteiger partial charge in [-0.05, 0) is 24.6 Å². The normalized spacial score (nSPS) is 12.0. The van der Waals surface area contributed by atoms with Gasteiger partial charge in [-0.15, -0.1) is 0 Å². The summed E-state index contributed by atoms with van der Waals surface area (Å²) in [6.45, 7) is 1.86. The zero-order valence-electron chi connectivity index (χ0n) is 11.8. The van der Waals surface area contributed by atoms with E-state index in [-0.39, 0.29) is 30.2 Å². The second-order valence-corrected chi connectivity index (χ2v) is 4.70. The molecule has 7 heteroatoms. The first-order chi connectivity index (χ1) is 10.4. The van der Waals surface area contributed by atoms with Gasteiger partial charge in [0.25, 0.3) is 10.9 Å². The molecule has 0 saturated heterocycles. The highest BCUT2D eigenvalue weighted by atomic mass is 16.5. The lowest BCUT2D eigenvalue weighted by molar-refractivity contribution is -0.137. The van der Waals surface area contributed by atoms with Gasteiger partial charge in [0.2, 0.25) is 0 Å². The quantitative estimate of drug-likeness (QED) is 0.638. The molecule has 0 unspecified atom stereocenters. The molecule has 1 atom stereocenters. The van der Waals surface area contributed by atoms with Crippen molar-refractivity contribution in [3.05, 3.63) is 50.3 Å². The fourth-order valence-corrected chi connectivity index (χ4v) is 2.03. The lowest BCUT2D eigenvalue weighted by Gasteiger charge is -2.19. The summed E-state index contributed by atoms with van der Waals surface area (Å²) in [4.78, 5) is 34.2. The van der Waals surface area contributed by atoms with Gasteiger partial charge in [0.1, 0.15) is 17.5 Å². The number of phenolic OH excluding ortho intramolecular Hbond substituents is 1. The van der Waals surface area contributed by atoms with Crippen molar-refractivity contribution in [1.29, 1.82) is 0 Å². The summed E-state index contributed by atoms with van der Waals surface area (Å²) in [5.74, 6) is -1.21. The second-order valence-electron chi connectivity index (χ2n) is 4.70. The highest BCUT2D eigenvalue weighted by molar-refractivity contribution is 5.79. The van der Waals surface area contributed by atoms with Gasteiger partial charge >= 0.3 is 5.97 Å². The highest BCUT2D eigenvalue weighted by Crippen LogP contribution is 2.20. The standard InChI is InChI=1S/C15H15NO6/c1-2-22-14-11(12(18)13(14)19)16-10(15(20)21)7-8-3-5-9(17)6-4-8/h3-6,10,16-17H,2,7H2,1H3,(H,20,21)/t10-/m1/s1. The number of carboxylic acids is 1. The lowest BCUT2D eigenvalue weighted by Crippen LogP contribution is -2.41. The summed E-state index contributed by atoms with van der Waals surface area (Å²) in [7, 11) is 0. The first-order valence-corrected chi connectivity index (χ1v) is 6.67. The van der Waals surface area contributed by atoms with E-state index in [1.165, 1.54) is 12.1 Å². The Hall–Kier alpha value is -2.83. The van der Waals surface area contributed by atoms with Gasteiger partial charge < -0.3 is 20.3 Å². The van der Waals surface area contributed by atoms with E-state index in [9.17, 15) is 24.6 Å². The van der Waals surface area contributed by atoms with Crippen molar-refractivity contribution < 1.29 is 19.7 Å². The number of aliphatic carboxylic acids is 1. The van der Waals surface area contributed by atoms with Crippen LogP contribution in [0.2, 0.25) is 0 Å². The molecule has 0 radical (unpaired) electrons. The minimum absolute atomic E-state index is 0.0738. The molecule has 0 saturated carbocycles. The van der Waals surface area contributed by atoms with E-state index >= 15 is 0 Å². The van der Waals surface area contributed by atoms with E-state index in [0.717, 1.165) is 0 Å². The molecule has 2 aromatic carbocycles. The van der Waals surface area contributed by atoms with Crippen LogP contribution in [-0.4, -0.2) is 28.8 Å². The Morgan fingerprint density at radius 3 is 2.41 bits per heavy atom. The van der Waals surface area contributed by atoms with E-state index in [1.807, 2.05) is 0 Å². The molecule has 0 aliphatic carbocycles. The van der Waals surface area contributed by atoms with Crippen molar-refractivity contribution in [3.8, 4) is 11.5 Å². The van der Waals surface area contributed by atoms with Crippen LogP contribution < -0.4 is 20.9 Å². The van der Waals surface area contributed by atoms with Crippen LogP contribution in [0.25, 0.3) is 0 Å². The monoisotopic (exact) mass is 305 g/mol. The number of ether oxygens (including phenoxy) is 1. The number of carbonyl (C=O) groups is 1. The molecular weight excluding hydrogens is 290 g/mol. The van der Waals surface area contributed by atoms with Crippen LogP contribution in [0, 0.1) is 0 Å². The number of rotatable bonds is 7. The first kappa shape index (κ1) is 15.6. The fourth-order valence-electron chi connectivity index (χ4n) is 2.03. The number of aromatic hydroxyl groups is 1. The number of hydrogen-bond acceptors (Lipinski definition) is 6. The first-order valence-electron chi connectivity index (χ1n) is 6.67. The van der Waals surface area contributed by atoms with Crippen molar-refractivity contribution in [2.24, 2.45) is 0 Å². The van der Waals surface area contributed by atoms with Crippen LogP contribution in [0.1, 0.15) is 12.5 Å². The Bertz CT molecular complexity index is 742. The third-order valence-electron chi connectivity index (χ3n) is 3.15. The Morgan fingerprint density at radius 2 is 1.86 bits per heavy atom. The van der Waals surface area contributed by atoms with Crippen LogP contribution in [0.15, 0.2) is 33.9 Å². The van der Waals surface area contributed by atoms with Crippen molar-refractivity contribution in [2.75, 3.05) is 11.9 Å². The molecule has 0 spiro atoms. The molecule has 0 heterocycles. The van der Waals surface area contributed by atoms with E-state index in [2.05, 4.69) is 5.32 Å². The SMILES string of the molecule is CCOc1c(N[C@H](Cc2ccc(O)cc2)C(=O)O)c(=O)c1=O. The molecule has 0 aliphatic heterocycles. The van der Waals surface area contributed by atoms with Crippen molar-refractivity contribution in [1.82, 2.24) is 0 Å². The second kappa shape index (κ2) is 6.30. The maximum atomic E-state index is 11.5. The van der Waals surface area contributed by atoms with E-state index < -0.39 is 22.9 Å². The third kappa shape index (κ3) is 3.08. The number of anilines is 1. The molecule has 2 rings (SSSR count). The van der Waals surface area contributed by atoms with Gasteiger partial charge in [-0.1, -0.05) is 12.1 Å². The van der Waals surface area contributed by atoms with Gasteiger partial charge in [-0.25, -0.2) is 4.79 Å². The molecule has 0 bridgehead atoms. The predicted molar refractivity (Wildman–Crippen MR) is 79.4 cm³/mol. The Morgan fingerprint density at radius 1 is 1.23 bits per heavy atom. The van der Waals surface area contributed by atoms with Gasteiger partial charge in [-0.3, -0.25) is 9.59 Å². The average Bonchev–Trinajstić information content (AvgIpc) is 2.50. The minimum atomic E-state index is -1.16. The largest absolute Gasteiger partial charge is 0.508 e. The molecular formula is C15H15NO6. The van der Waals surface area contributed by atoms with E-state index in [1.54, 1.807) is 19.1 Å². The fraction of sp³-hybridized carbons (Fsp3) is 0.267. The van der Waals surface area contributed by atoms with Crippen LogP contribution in [0.5, 0.6) is 11.5 Å². The topological polar surface area (TPSA) is 113 Å². The van der Waals surface area contributed by atoms with E-state index in [4.69, 9.17) is 4.74 Å². The number of nitrogens with one attached hydrogen (secondary N) is 1. The summed E-state index contributed by atoms with van der Waals surface area (Å²) in [5, 5.41) is 21.0. The highest BCUT2D eigenvalue weighted by Gasteiger charge is 2.27. The van der Waals surface area contributed by atoms with Gasteiger partial charge in [0.05, 0.1) is 6.61 Å². The minimum Gasteiger partial charge on any atom is -0.508 e. The maximum absolute atomic E-state index is 11.5. The van der Waals surface area contributed by atoms with Gasteiger partial charge in [0.15, 0.2) is 5.75 Å². The smallest absolute Gasteiger partial charge is 0.326 e. The number of hydrogen-bond donors (Lipinski definition) is 3. The van der Waals surface area contributed by atoms with E-state index in [0.29, 0.717) is 5.56 Å². The molecule has 3 N–H and O–H groups in total. The Labute approximate surface area is 125 Å². The Balaban J connectivity index is 2.18. The molecule has 22 heavy (non-hydrogen) atoms. The zero-order chi connectivity index (χ0) is 16.3. The molecule has 0 aliphatic rings. The van der Waals surface area contributed by atoms with Crippen LogP contribution in [0.4, 0.5) is 5.69 Å². The number of carboxylic acid groups (broad SMARTS) is 1. The molecule has 2 aromatic rings. The maximum Gasteiger partial charge on any atom is 0.326 e. The zero-order valence-corrected chi connectivity index (χ0v) is 11.8. The summed E-state index contributed by atoms with van der Waals surface area (Å²) in [6.07, 6.45) is 0.0833. The van der Waals surface area contributed by atoms with Crippen molar-refractivity contribution >= 4 is 11.7 Å². The Kier molecular flexibility index (Phi) is 4.45. The van der Waals surface area contributed by atoms with Crippen LogP contribution in [-0.2, 0) is 11.2 Å². The van der Waals surface area contributed by atoms with Crippen molar-refractivity contribution in [2.45, 2.75) is 19.4 Å². The average molecular weight is 305 g/mol. The summed E-state index contributed by atoms with van der Waals surface area (Å²) >= 11 is 0. The molecule has 0 amide bonds. The molecule has 116 valence electrons. The van der Waals surface area contributed by atoms with Crippen LogP contribution in [0.3, 0.4) is 0 Å². The number of phenols is 1. The summed E-state index contributed by atoms with van der Waals surface area (Å²) in [6, 6.07) is 4.96. The molecule has 0 aromatic heterocycles. The van der Waals surface area contributed by atoms with Gasteiger partial charge in [0, 0.05) is 6.42 Å². The lowest BCUT2D eigenvalue weighted by atomic mass is 10.0. The van der Waals surface area contributed by atoms with Gasteiger partial charge in [-0.2, -0.15) is 0 Å². The summed E-state index contributed by atoms with van der Waals surface area (Å²) in [5.41, 5.74) is -0.967. The van der Waals surface area contributed by atoms with Crippen LogP contribution >= 0.6 is 0 Å². The molecule has 0 fully saturated rings. The number of benzene rings is 1.